The zero-order valence-corrected chi connectivity index (χ0v) is 23.2. The zero-order valence-electron chi connectivity index (χ0n) is 19.5. The first-order valence-electron chi connectivity index (χ1n) is 8.85. The van der Waals surface area contributed by atoms with Crippen LogP contribution in [0.15, 0.2) is 22.5 Å². The van der Waals surface area contributed by atoms with E-state index < -0.39 is 89.2 Å². The molecule has 12 nitrogen and oxygen atoms in total. The number of hydrogen-bond donors (Lipinski definition) is 6. The normalized spacial score (nSPS) is 14.1. The molecule has 1 aliphatic carbocycles. The number of Topliss-reactive ketones (excluding diaryl/α,β-unsaturated/α-hetero) is 1. The molecule has 1 aromatic carbocycles. The van der Waals surface area contributed by atoms with Gasteiger partial charge in [-0.25, -0.2) is 4.85 Å². The van der Waals surface area contributed by atoms with Gasteiger partial charge in [0, 0.05) is 11.1 Å². The summed E-state index contributed by atoms with van der Waals surface area (Å²) in [6, 6.07) is 0. The van der Waals surface area contributed by atoms with Crippen LogP contribution in [0, 0.1) is 25.3 Å². The smallest absolute Gasteiger partial charge is 0.518 e. The van der Waals surface area contributed by atoms with Crippen LogP contribution in [0.2, 0.25) is 0 Å². The molecule has 0 saturated heterocycles. The molecule has 1 aliphatic rings. The quantitative estimate of drug-likeness (QED) is 0.0647. The summed E-state index contributed by atoms with van der Waals surface area (Å²) in [5, 5.41) is 21.6. The summed E-state index contributed by atoms with van der Waals surface area (Å²) < 4.78 is 97.6. The van der Waals surface area contributed by atoms with E-state index in [-0.39, 0.29) is 29.6 Å². The number of hydrogen-bond acceptors (Lipinski definition) is 7. The van der Waals surface area contributed by atoms with Crippen molar-refractivity contribution in [1.82, 2.24) is 0 Å². The third-order valence-corrected chi connectivity index (χ3v) is 6.33. The van der Waals surface area contributed by atoms with Gasteiger partial charge in [-0.3, -0.25) is 18.7 Å². The summed E-state index contributed by atoms with van der Waals surface area (Å²) in [7, 11) is -11.0. The summed E-state index contributed by atoms with van der Waals surface area (Å²) in [6.45, 7) is 13.4. The number of halogens is 6. The van der Waals surface area contributed by atoms with Gasteiger partial charge in [0.15, 0.2) is 11.6 Å². The Hall–Kier alpha value is -2.50. The molecule has 0 amide bonds. The van der Waals surface area contributed by atoms with E-state index in [2.05, 4.69) is 4.85 Å². The average molecular weight is 616 g/mol. The monoisotopic (exact) mass is 616 g/mol. The largest absolute Gasteiger partial charge is 1.00 e. The van der Waals surface area contributed by atoms with E-state index in [1.807, 2.05) is 0 Å². The standard InChI is InChI=1S/C9H7F3NO5P.C8H6F3O5P.CN.Na/c1-3-5(13-2)7(15)4(9(10,11)12)8(6(3)14)19(16,17)18;1-3-2-4(12)5(8(9,10)11)7(6(3)13)17(14,15)16;1-2;/h14-15H,1H3,(H2,16,17,18);2H,1H3,(H2,14,15,16);;/q;;-1;+1. The summed E-state index contributed by atoms with van der Waals surface area (Å²) >= 11 is 0. The van der Waals surface area contributed by atoms with E-state index in [0.717, 1.165) is 13.8 Å². The molecule has 0 radical (unpaired) electrons. The molecule has 208 valence electrons. The third-order valence-electron chi connectivity index (χ3n) is 4.30. The predicted octanol–water partition coefficient (Wildman–Crippen LogP) is -0.0422. The third kappa shape index (κ3) is 8.74. The Morgan fingerprint density at radius 3 is 1.62 bits per heavy atom. The number of allylic oxidation sites excluding steroid dienone is 4. The van der Waals surface area contributed by atoms with Gasteiger partial charge in [0.2, 0.25) is 5.69 Å². The van der Waals surface area contributed by atoms with E-state index >= 15 is 0 Å². The zero-order chi connectivity index (χ0) is 30.8. The number of phenolic OH excluding ortho intramolecular Hbond substituents is 2. The molecule has 0 fully saturated rings. The molecule has 0 unspecified atom stereocenters. The number of rotatable bonds is 2. The van der Waals surface area contributed by atoms with Gasteiger partial charge in [-0.15, -0.1) is 0 Å². The molecular weight excluding hydrogens is 603 g/mol. The van der Waals surface area contributed by atoms with Crippen LogP contribution in [-0.4, -0.2) is 47.5 Å². The summed E-state index contributed by atoms with van der Waals surface area (Å²) in [5.74, 6) is -6.07. The van der Waals surface area contributed by atoms with Gasteiger partial charge in [-0.1, -0.05) is 0 Å². The average Bonchev–Trinajstić information content (AvgIpc) is 2.71. The van der Waals surface area contributed by atoms with Gasteiger partial charge in [0.05, 0.1) is 6.57 Å². The van der Waals surface area contributed by atoms with Crippen LogP contribution >= 0.6 is 15.2 Å². The fourth-order valence-corrected chi connectivity index (χ4v) is 4.75. The Balaban J connectivity index is 0. The van der Waals surface area contributed by atoms with E-state index in [1.165, 1.54) is 0 Å². The van der Waals surface area contributed by atoms with Crippen LogP contribution in [-0.2, 0) is 24.9 Å². The number of ketones is 2. The SMILES string of the molecule is CC1=CC(=O)C(C(F)(F)F)=C(P(=O)(O)O)C1=O.[C-]#N.[C-]#[N+]c1c(C)c(O)c(P(=O)(O)O)c(C(F)(F)F)c1O.[Na+]. The molecular formula is C18H13F6N2NaO10P2. The van der Waals surface area contributed by atoms with Gasteiger partial charge in [-0.05, 0) is 19.9 Å². The van der Waals surface area contributed by atoms with Gasteiger partial charge in [0.25, 0.3) is 0 Å². The minimum Gasteiger partial charge on any atom is -0.518 e. The van der Waals surface area contributed by atoms with Crippen molar-refractivity contribution in [2.75, 3.05) is 0 Å². The van der Waals surface area contributed by atoms with Crippen molar-refractivity contribution in [2.45, 2.75) is 26.2 Å². The first-order valence-corrected chi connectivity index (χ1v) is 12.1. The molecule has 21 heteroatoms. The molecule has 6 N–H and O–H groups in total. The van der Waals surface area contributed by atoms with Crippen molar-refractivity contribution >= 4 is 37.7 Å². The Labute approximate surface area is 236 Å². The van der Waals surface area contributed by atoms with Gasteiger partial charge < -0.3 is 41.6 Å². The fourth-order valence-electron chi connectivity index (χ4n) is 2.81. The fraction of sp³-hybridized carbons (Fsp3) is 0.222. The van der Waals surface area contributed by atoms with Crippen molar-refractivity contribution in [3.8, 4) is 11.5 Å². The second kappa shape index (κ2) is 13.2. The number of nitrogens with zero attached hydrogens (tertiary/aromatic N) is 2. The van der Waals surface area contributed by atoms with Gasteiger partial charge >= 0.3 is 57.1 Å². The molecule has 39 heavy (non-hydrogen) atoms. The maximum absolute atomic E-state index is 12.8. The van der Waals surface area contributed by atoms with Gasteiger partial charge in [-0.2, -0.15) is 26.3 Å². The van der Waals surface area contributed by atoms with E-state index in [9.17, 15) is 55.3 Å². The van der Waals surface area contributed by atoms with Crippen LogP contribution in [0.5, 0.6) is 11.5 Å². The molecule has 1 aromatic rings. The topological polar surface area (TPSA) is 218 Å². The van der Waals surface area contributed by atoms with Crippen molar-refractivity contribution in [3.63, 3.8) is 0 Å². The minimum atomic E-state index is -5.51. The first kappa shape index (κ1) is 38.6. The predicted molar refractivity (Wildman–Crippen MR) is 111 cm³/mol. The Kier molecular flexibility index (Phi) is 13.1. The molecule has 0 saturated carbocycles. The second-order valence-electron chi connectivity index (χ2n) is 6.83. The second-order valence-corrected chi connectivity index (χ2v) is 9.90. The molecule has 0 atom stereocenters. The number of aromatic hydroxyl groups is 2. The first-order chi connectivity index (χ1) is 16.9. The number of phenols is 2. The van der Waals surface area contributed by atoms with Crippen molar-refractivity contribution in [2.24, 2.45) is 0 Å². The Morgan fingerprint density at radius 2 is 1.31 bits per heavy atom. The van der Waals surface area contributed by atoms with Crippen molar-refractivity contribution in [1.29, 1.82) is 5.26 Å². The summed E-state index contributed by atoms with van der Waals surface area (Å²) in [6.07, 6.45) is -10.2. The molecule has 0 spiro atoms. The number of alkyl halides is 6. The van der Waals surface area contributed by atoms with Crippen molar-refractivity contribution in [3.05, 3.63) is 51.7 Å². The Morgan fingerprint density at radius 1 is 0.872 bits per heavy atom. The van der Waals surface area contributed by atoms with Gasteiger partial charge in [0.1, 0.15) is 33.3 Å². The van der Waals surface area contributed by atoms with Crippen LogP contribution in [0.1, 0.15) is 18.1 Å². The summed E-state index contributed by atoms with van der Waals surface area (Å²) in [5.41, 5.74) is -6.10. The molecule has 0 bridgehead atoms. The van der Waals surface area contributed by atoms with E-state index in [0.29, 0.717) is 6.08 Å². The van der Waals surface area contributed by atoms with Crippen LogP contribution in [0.3, 0.4) is 0 Å². The molecule has 0 aliphatic heterocycles. The van der Waals surface area contributed by atoms with E-state index in [1.54, 1.807) is 0 Å². The number of carbonyl (C=O) groups excluding carboxylic acids is 2. The summed E-state index contributed by atoms with van der Waals surface area (Å²) in [4.78, 5) is 60.3. The van der Waals surface area contributed by atoms with Crippen LogP contribution in [0.25, 0.3) is 4.85 Å². The van der Waals surface area contributed by atoms with E-state index in [4.69, 9.17) is 38.0 Å². The maximum Gasteiger partial charge on any atom is 1.00 e. The van der Waals surface area contributed by atoms with Crippen LogP contribution < -0.4 is 34.9 Å². The number of carbonyl (C=O) groups is 2. The molecule has 2 rings (SSSR count). The minimum absolute atomic E-state index is 0. The number of benzene rings is 1. The maximum atomic E-state index is 12.8. The molecule has 0 heterocycles. The van der Waals surface area contributed by atoms with Crippen molar-refractivity contribution < 1.29 is 104 Å². The Bertz CT molecular complexity index is 1400. The molecule has 0 aromatic heterocycles. The van der Waals surface area contributed by atoms with Crippen LogP contribution in [0.4, 0.5) is 32.0 Å².